The van der Waals surface area contributed by atoms with Crippen LogP contribution in [-0.4, -0.2) is 45.9 Å². The number of rotatable bonds is 5. The first-order chi connectivity index (χ1) is 17.7. The molecule has 1 aliphatic rings. The van der Waals surface area contributed by atoms with Gasteiger partial charge in [0.2, 0.25) is 5.43 Å². The first-order valence-electron chi connectivity index (χ1n) is 11.1. The number of anilines is 1. The maximum Gasteiger partial charge on any atom is 0.416 e. The summed E-state index contributed by atoms with van der Waals surface area (Å²) in [5.41, 5.74) is 0.595. The van der Waals surface area contributed by atoms with Crippen molar-refractivity contribution in [2.75, 3.05) is 25.2 Å². The van der Waals surface area contributed by atoms with E-state index in [9.17, 15) is 22.8 Å². The Labute approximate surface area is 208 Å². The number of carbonyl (C=O) groups is 1. The van der Waals surface area contributed by atoms with Crippen LogP contribution < -0.4 is 15.1 Å². The molecule has 12 heteroatoms. The first-order valence-corrected chi connectivity index (χ1v) is 11.1. The van der Waals surface area contributed by atoms with Crippen molar-refractivity contribution in [2.45, 2.75) is 13.1 Å². The SMILES string of the molecule is COc1cc(N2CCOC2=O)ccc1-n1ccc(=O)c(-c2cc(C)nn2-c2cccc(C(F)(F)F)c2)n1. The smallest absolute Gasteiger partial charge is 0.416 e. The van der Waals surface area contributed by atoms with E-state index < -0.39 is 23.3 Å². The third-order valence-corrected chi connectivity index (χ3v) is 5.78. The summed E-state index contributed by atoms with van der Waals surface area (Å²) in [5, 5.41) is 8.78. The number of methoxy groups -OCH3 is 1. The predicted octanol–water partition coefficient (Wildman–Crippen LogP) is 4.38. The van der Waals surface area contributed by atoms with Crippen molar-refractivity contribution in [3.63, 3.8) is 0 Å². The van der Waals surface area contributed by atoms with Gasteiger partial charge >= 0.3 is 12.3 Å². The summed E-state index contributed by atoms with van der Waals surface area (Å²) in [7, 11) is 1.46. The van der Waals surface area contributed by atoms with Gasteiger partial charge in [0.05, 0.1) is 42.0 Å². The van der Waals surface area contributed by atoms with Crippen LogP contribution in [0.1, 0.15) is 11.3 Å². The van der Waals surface area contributed by atoms with E-state index in [-0.39, 0.29) is 23.7 Å². The van der Waals surface area contributed by atoms with Crippen LogP contribution in [0.15, 0.2) is 65.6 Å². The zero-order chi connectivity index (χ0) is 26.3. The lowest BCUT2D eigenvalue weighted by molar-refractivity contribution is -0.137. The van der Waals surface area contributed by atoms with Crippen molar-refractivity contribution in [3.8, 4) is 28.5 Å². The molecular weight excluding hydrogens is 491 g/mol. The summed E-state index contributed by atoms with van der Waals surface area (Å²) in [6.45, 7) is 2.35. The highest BCUT2D eigenvalue weighted by molar-refractivity contribution is 5.89. The van der Waals surface area contributed by atoms with Gasteiger partial charge in [-0.3, -0.25) is 9.69 Å². The Morgan fingerprint density at radius 3 is 2.51 bits per heavy atom. The van der Waals surface area contributed by atoms with Gasteiger partial charge in [-0.25, -0.2) is 14.2 Å². The van der Waals surface area contributed by atoms with Crippen LogP contribution in [0.4, 0.5) is 23.7 Å². The van der Waals surface area contributed by atoms with E-state index in [2.05, 4.69) is 10.2 Å². The van der Waals surface area contributed by atoms with Gasteiger partial charge in [0.1, 0.15) is 18.0 Å². The normalized spacial score (nSPS) is 13.6. The molecule has 0 radical (unpaired) electrons. The number of nitrogens with zero attached hydrogens (tertiary/aromatic N) is 5. The highest BCUT2D eigenvalue weighted by Crippen LogP contribution is 2.32. The number of cyclic esters (lactones) is 1. The largest absolute Gasteiger partial charge is 0.494 e. The van der Waals surface area contributed by atoms with Gasteiger partial charge in [0.25, 0.3) is 0 Å². The average Bonchev–Trinajstić information content (AvgIpc) is 3.49. The predicted molar refractivity (Wildman–Crippen MR) is 127 cm³/mol. The van der Waals surface area contributed by atoms with Crippen molar-refractivity contribution in [3.05, 3.63) is 82.3 Å². The van der Waals surface area contributed by atoms with Crippen molar-refractivity contribution in [2.24, 2.45) is 0 Å². The number of halogens is 3. The topological polar surface area (TPSA) is 91.5 Å². The molecule has 0 atom stereocenters. The second-order valence-electron chi connectivity index (χ2n) is 8.23. The van der Waals surface area contributed by atoms with Crippen LogP contribution in [0.3, 0.4) is 0 Å². The summed E-state index contributed by atoms with van der Waals surface area (Å²) in [6.07, 6.45) is -3.55. The van der Waals surface area contributed by atoms with E-state index in [0.717, 1.165) is 12.1 Å². The number of ether oxygens (including phenoxy) is 2. The quantitative estimate of drug-likeness (QED) is 0.395. The van der Waals surface area contributed by atoms with Gasteiger partial charge < -0.3 is 9.47 Å². The van der Waals surface area contributed by atoms with Crippen LogP contribution >= 0.6 is 0 Å². The molecule has 3 heterocycles. The van der Waals surface area contributed by atoms with E-state index in [1.807, 2.05) is 0 Å². The van der Waals surface area contributed by atoms with Crippen molar-refractivity contribution in [1.29, 1.82) is 0 Å². The van der Waals surface area contributed by atoms with E-state index in [1.54, 1.807) is 31.2 Å². The number of aryl methyl sites for hydroxylation is 1. The minimum absolute atomic E-state index is 0.0187. The van der Waals surface area contributed by atoms with Crippen LogP contribution in [0.5, 0.6) is 5.75 Å². The Bertz CT molecular complexity index is 1560. The van der Waals surface area contributed by atoms with E-state index in [1.165, 1.54) is 45.8 Å². The fourth-order valence-corrected chi connectivity index (χ4v) is 4.05. The monoisotopic (exact) mass is 511 g/mol. The number of alkyl halides is 3. The zero-order valence-electron chi connectivity index (χ0n) is 19.7. The molecule has 4 aromatic rings. The molecule has 0 saturated carbocycles. The molecule has 0 aliphatic carbocycles. The molecule has 2 aromatic carbocycles. The molecule has 5 rings (SSSR count). The number of amides is 1. The molecule has 190 valence electrons. The van der Waals surface area contributed by atoms with Gasteiger partial charge in [-0.15, -0.1) is 0 Å². The fourth-order valence-electron chi connectivity index (χ4n) is 4.05. The van der Waals surface area contributed by atoms with E-state index in [4.69, 9.17) is 9.47 Å². The minimum Gasteiger partial charge on any atom is -0.494 e. The maximum atomic E-state index is 13.3. The Hall–Kier alpha value is -4.61. The van der Waals surface area contributed by atoms with Crippen molar-refractivity contribution in [1.82, 2.24) is 19.6 Å². The Morgan fingerprint density at radius 2 is 1.81 bits per heavy atom. The summed E-state index contributed by atoms with van der Waals surface area (Å²) in [6, 6.07) is 12.6. The van der Waals surface area contributed by atoms with Crippen LogP contribution in [0, 0.1) is 6.92 Å². The van der Waals surface area contributed by atoms with E-state index in [0.29, 0.717) is 29.4 Å². The lowest BCUT2D eigenvalue weighted by Crippen LogP contribution is -2.23. The number of carbonyl (C=O) groups excluding carboxylic acids is 1. The molecule has 0 N–H and O–H groups in total. The maximum absolute atomic E-state index is 13.3. The molecule has 0 bridgehead atoms. The third-order valence-electron chi connectivity index (χ3n) is 5.78. The van der Waals surface area contributed by atoms with Crippen LogP contribution in [-0.2, 0) is 10.9 Å². The van der Waals surface area contributed by atoms with Gasteiger partial charge in [0.15, 0.2) is 5.69 Å². The van der Waals surface area contributed by atoms with Crippen molar-refractivity contribution < 1.29 is 27.4 Å². The van der Waals surface area contributed by atoms with E-state index >= 15 is 0 Å². The lowest BCUT2D eigenvalue weighted by Gasteiger charge is -2.17. The second kappa shape index (κ2) is 9.12. The summed E-state index contributed by atoms with van der Waals surface area (Å²) < 4.78 is 53.1. The van der Waals surface area contributed by atoms with Gasteiger partial charge in [0, 0.05) is 18.3 Å². The van der Waals surface area contributed by atoms with Gasteiger partial charge in [-0.05, 0) is 43.3 Å². The molecule has 1 saturated heterocycles. The number of benzene rings is 2. The molecule has 9 nitrogen and oxygen atoms in total. The van der Waals surface area contributed by atoms with Crippen molar-refractivity contribution >= 4 is 11.8 Å². The van der Waals surface area contributed by atoms with Gasteiger partial charge in [-0.2, -0.15) is 23.4 Å². The van der Waals surface area contributed by atoms with Crippen LogP contribution in [0.25, 0.3) is 22.8 Å². The summed E-state index contributed by atoms with van der Waals surface area (Å²) in [4.78, 5) is 26.3. The standard InChI is InChI=1S/C25H20F3N5O4/c1-15-12-20(33(29-15)18-5-3-4-16(13-18)25(26,27)28)23-21(34)8-9-32(30-23)19-7-6-17(14-22(19)36-2)31-10-11-37-24(31)35/h3-9,12-14H,10-11H2,1-2H3. The third kappa shape index (κ3) is 4.53. The number of hydrogen-bond donors (Lipinski definition) is 0. The first kappa shape index (κ1) is 24.1. The highest BCUT2D eigenvalue weighted by atomic mass is 19.4. The zero-order valence-corrected chi connectivity index (χ0v) is 19.7. The molecule has 37 heavy (non-hydrogen) atoms. The molecule has 2 aromatic heterocycles. The summed E-state index contributed by atoms with van der Waals surface area (Å²) in [5.74, 6) is 0.377. The number of aromatic nitrogens is 4. The molecule has 1 aliphatic heterocycles. The summed E-state index contributed by atoms with van der Waals surface area (Å²) >= 11 is 0. The minimum atomic E-state index is -4.54. The Kier molecular flexibility index (Phi) is 5.94. The molecule has 0 unspecified atom stereocenters. The van der Waals surface area contributed by atoms with Crippen LogP contribution in [0.2, 0.25) is 0 Å². The number of hydrogen-bond acceptors (Lipinski definition) is 6. The Morgan fingerprint density at radius 1 is 1.00 bits per heavy atom. The molecule has 1 amide bonds. The Balaban J connectivity index is 1.59. The molecule has 0 spiro atoms. The fraction of sp³-hybridized carbons (Fsp3) is 0.200. The highest BCUT2D eigenvalue weighted by Gasteiger charge is 2.31. The van der Waals surface area contributed by atoms with Gasteiger partial charge in [-0.1, -0.05) is 6.07 Å². The average molecular weight is 511 g/mol. The molecular formula is C25H20F3N5O4. The lowest BCUT2D eigenvalue weighted by atomic mass is 10.2. The second-order valence-corrected chi connectivity index (χ2v) is 8.23. The molecule has 1 fully saturated rings.